The molecule has 2 heterocycles. The SMILES string of the molecule is CO[C@H]1[C@H](N)CN(C(=O)Nc2cn(C(N)=O)c3ccccc23)[C@@H]1C(=O)NCc1cccc(Cl)c1F. The van der Waals surface area contributed by atoms with E-state index in [0.717, 1.165) is 0 Å². The van der Waals surface area contributed by atoms with E-state index in [2.05, 4.69) is 10.6 Å². The second-order valence-corrected chi connectivity index (χ2v) is 8.50. The lowest BCUT2D eigenvalue weighted by Crippen LogP contribution is -2.52. The number of nitrogens with zero attached hydrogens (tertiary/aromatic N) is 2. The summed E-state index contributed by atoms with van der Waals surface area (Å²) in [5, 5.41) is 5.89. The number of primary amides is 1. The number of urea groups is 1. The zero-order chi connectivity index (χ0) is 25.3. The Balaban J connectivity index is 1.56. The summed E-state index contributed by atoms with van der Waals surface area (Å²) < 4.78 is 20.9. The third-order valence-electron chi connectivity index (χ3n) is 5.95. The van der Waals surface area contributed by atoms with Gasteiger partial charge in [-0.05, 0) is 12.1 Å². The Morgan fingerprint density at radius 2 is 1.94 bits per heavy atom. The molecule has 0 bridgehead atoms. The van der Waals surface area contributed by atoms with Crippen molar-refractivity contribution in [3.63, 3.8) is 0 Å². The third kappa shape index (κ3) is 4.65. The molecule has 4 amide bonds. The van der Waals surface area contributed by atoms with Crippen LogP contribution in [0.3, 0.4) is 0 Å². The number of carbonyl (C=O) groups is 3. The molecule has 1 aliphatic rings. The number of nitrogens with one attached hydrogen (secondary N) is 2. The van der Waals surface area contributed by atoms with Crippen LogP contribution in [-0.2, 0) is 16.1 Å². The van der Waals surface area contributed by atoms with E-state index in [0.29, 0.717) is 16.6 Å². The molecule has 0 spiro atoms. The van der Waals surface area contributed by atoms with Gasteiger partial charge in [-0.2, -0.15) is 0 Å². The molecular formula is C23H24ClFN6O4. The topological polar surface area (TPSA) is 145 Å². The first-order valence-electron chi connectivity index (χ1n) is 10.7. The van der Waals surface area contributed by atoms with Crippen LogP contribution in [0.1, 0.15) is 5.56 Å². The summed E-state index contributed by atoms with van der Waals surface area (Å²) in [6, 6.07) is 8.30. The van der Waals surface area contributed by atoms with Crippen LogP contribution >= 0.6 is 11.6 Å². The molecular weight excluding hydrogens is 479 g/mol. The highest BCUT2D eigenvalue weighted by Gasteiger charge is 2.47. The number of ether oxygens (including phenoxy) is 1. The van der Waals surface area contributed by atoms with Gasteiger partial charge in [0.05, 0.1) is 22.3 Å². The maximum atomic E-state index is 14.2. The van der Waals surface area contributed by atoms with Crippen LogP contribution in [0.25, 0.3) is 10.9 Å². The van der Waals surface area contributed by atoms with Gasteiger partial charge in [0.2, 0.25) is 5.91 Å². The highest BCUT2D eigenvalue weighted by molar-refractivity contribution is 6.30. The Bertz CT molecular complexity index is 1300. The van der Waals surface area contributed by atoms with E-state index in [1.165, 1.54) is 34.9 Å². The average molecular weight is 503 g/mol. The number of hydrogen-bond acceptors (Lipinski definition) is 5. The van der Waals surface area contributed by atoms with Gasteiger partial charge in [0, 0.05) is 37.3 Å². The van der Waals surface area contributed by atoms with Crippen LogP contribution in [0.15, 0.2) is 48.7 Å². The predicted molar refractivity (Wildman–Crippen MR) is 128 cm³/mol. The number of nitrogens with two attached hydrogens (primary N) is 2. The van der Waals surface area contributed by atoms with Crippen LogP contribution in [-0.4, -0.2) is 59.3 Å². The van der Waals surface area contributed by atoms with Crippen LogP contribution < -0.4 is 22.1 Å². The number of para-hydroxylation sites is 1. The molecule has 12 heteroatoms. The minimum absolute atomic E-state index is 0.0302. The number of halogens is 2. The van der Waals surface area contributed by atoms with Gasteiger partial charge in [-0.3, -0.25) is 9.36 Å². The van der Waals surface area contributed by atoms with Gasteiger partial charge in [0.15, 0.2) is 0 Å². The molecule has 4 rings (SSSR count). The van der Waals surface area contributed by atoms with Gasteiger partial charge >= 0.3 is 12.1 Å². The Labute approximate surface area is 204 Å². The Morgan fingerprint density at radius 3 is 2.66 bits per heavy atom. The minimum atomic E-state index is -1.08. The number of likely N-dealkylation sites (tertiary alicyclic amines) is 1. The molecule has 6 N–H and O–H groups in total. The summed E-state index contributed by atoms with van der Waals surface area (Å²) in [7, 11) is 1.39. The smallest absolute Gasteiger partial charge is 0.323 e. The quantitative estimate of drug-likeness (QED) is 0.423. The van der Waals surface area contributed by atoms with E-state index in [1.54, 1.807) is 30.3 Å². The molecule has 3 atom stereocenters. The third-order valence-corrected chi connectivity index (χ3v) is 6.25. The molecule has 35 heavy (non-hydrogen) atoms. The largest absolute Gasteiger partial charge is 0.377 e. The first-order chi connectivity index (χ1) is 16.7. The van der Waals surface area contributed by atoms with Crippen molar-refractivity contribution >= 4 is 46.2 Å². The number of rotatable bonds is 5. The molecule has 10 nitrogen and oxygen atoms in total. The monoisotopic (exact) mass is 502 g/mol. The van der Waals surface area contributed by atoms with Gasteiger partial charge in [0.1, 0.15) is 18.0 Å². The van der Waals surface area contributed by atoms with E-state index in [1.807, 2.05) is 0 Å². The zero-order valence-electron chi connectivity index (χ0n) is 18.7. The fourth-order valence-electron chi connectivity index (χ4n) is 4.28. The molecule has 184 valence electrons. The maximum Gasteiger partial charge on any atom is 0.323 e. The molecule has 1 aromatic heterocycles. The second-order valence-electron chi connectivity index (χ2n) is 8.09. The van der Waals surface area contributed by atoms with Gasteiger partial charge < -0.3 is 31.7 Å². The normalized spacial score (nSPS) is 19.7. The van der Waals surface area contributed by atoms with Crippen LogP contribution in [0.2, 0.25) is 5.02 Å². The Morgan fingerprint density at radius 1 is 1.20 bits per heavy atom. The Kier molecular flexibility index (Phi) is 6.92. The number of amides is 4. The van der Waals surface area contributed by atoms with E-state index >= 15 is 0 Å². The Hall–Kier alpha value is -3.67. The van der Waals surface area contributed by atoms with Crippen molar-refractivity contribution in [3.05, 3.63) is 65.1 Å². The number of benzene rings is 2. The number of aromatic nitrogens is 1. The molecule has 2 aromatic carbocycles. The number of fused-ring (bicyclic) bond motifs is 1. The van der Waals surface area contributed by atoms with Crippen molar-refractivity contribution in [3.8, 4) is 0 Å². The van der Waals surface area contributed by atoms with E-state index in [4.69, 9.17) is 27.8 Å². The van der Waals surface area contributed by atoms with E-state index in [9.17, 15) is 18.8 Å². The van der Waals surface area contributed by atoms with Crippen molar-refractivity contribution in [2.24, 2.45) is 11.5 Å². The summed E-state index contributed by atoms with van der Waals surface area (Å²) >= 11 is 5.81. The van der Waals surface area contributed by atoms with Crippen molar-refractivity contribution < 1.29 is 23.5 Å². The zero-order valence-corrected chi connectivity index (χ0v) is 19.5. The van der Waals surface area contributed by atoms with E-state index in [-0.39, 0.29) is 23.7 Å². The molecule has 1 aliphatic heterocycles. The summed E-state index contributed by atoms with van der Waals surface area (Å²) in [5.41, 5.74) is 12.6. The second kappa shape index (κ2) is 9.90. The van der Waals surface area contributed by atoms with Crippen molar-refractivity contribution in [1.82, 2.24) is 14.8 Å². The average Bonchev–Trinajstić information content (AvgIpc) is 3.37. The van der Waals surface area contributed by atoms with Crippen molar-refractivity contribution in [2.75, 3.05) is 19.0 Å². The number of carbonyl (C=O) groups excluding carboxylic acids is 3. The molecule has 0 saturated carbocycles. The van der Waals surface area contributed by atoms with Crippen molar-refractivity contribution in [1.29, 1.82) is 0 Å². The summed E-state index contributed by atoms with van der Waals surface area (Å²) in [6.07, 6.45) is 0.614. The highest BCUT2D eigenvalue weighted by Crippen LogP contribution is 2.28. The summed E-state index contributed by atoms with van der Waals surface area (Å²) in [5.74, 6) is -1.21. The van der Waals surface area contributed by atoms with Crippen LogP contribution in [0.5, 0.6) is 0 Å². The lowest BCUT2D eigenvalue weighted by Gasteiger charge is -2.26. The van der Waals surface area contributed by atoms with Gasteiger partial charge in [-0.25, -0.2) is 14.0 Å². The molecule has 0 unspecified atom stereocenters. The van der Waals surface area contributed by atoms with Gasteiger partial charge in [-0.15, -0.1) is 0 Å². The fourth-order valence-corrected chi connectivity index (χ4v) is 4.47. The molecule has 1 saturated heterocycles. The minimum Gasteiger partial charge on any atom is -0.377 e. The molecule has 0 radical (unpaired) electrons. The predicted octanol–water partition coefficient (Wildman–Crippen LogP) is 2.24. The van der Waals surface area contributed by atoms with Crippen LogP contribution in [0.4, 0.5) is 19.7 Å². The lowest BCUT2D eigenvalue weighted by atomic mass is 10.1. The number of anilines is 1. The highest BCUT2D eigenvalue weighted by atomic mass is 35.5. The van der Waals surface area contributed by atoms with E-state index < -0.39 is 42.0 Å². The maximum absolute atomic E-state index is 14.2. The number of hydrogen-bond donors (Lipinski definition) is 4. The summed E-state index contributed by atoms with van der Waals surface area (Å²) in [4.78, 5) is 39.4. The summed E-state index contributed by atoms with van der Waals surface area (Å²) in [6.45, 7) is -0.114. The first-order valence-corrected chi connectivity index (χ1v) is 11.1. The molecule has 3 aromatic rings. The first kappa shape index (κ1) is 24.5. The van der Waals surface area contributed by atoms with Crippen LogP contribution in [0, 0.1) is 5.82 Å². The number of methoxy groups -OCH3 is 1. The molecule has 1 fully saturated rings. The fraction of sp³-hybridized carbons (Fsp3) is 0.261. The standard InChI is InChI=1S/C23H24ClFN6O4/c1-35-20-15(26)10-31(19(20)21(32)28-9-12-5-4-7-14(24)18(12)25)23(34)29-16-11-30(22(27)33)17-8-3-2-6-13(16)17/h2-8,11,15,19-20H,9-10,26H2,1H3,(H2,27,33)(H,28,32)(H,29,34)/t15-,19+,20+/m1/s1. The van der Waals surface area contributed by atoms with Gasteiger partial charge in [0.25, 0.3) is 0 Å². The molecule has 0 aliphatic carbocycles. The lowest BCUT2D eigenvalue weighted by molar-refractivity contribution is -0.128. The van der Waals surface area contributed by atoms with Crippen molar-refractivity contribution in [2.45, 2.75) is 24.7 Å². The van der Waals surface area contributed by atoms with Gasteiger partial charge in [-0.1, -0.05) is 41.9 Å².